The molecule has 3 aromatic rings. The first-order valence-electron chi connectivity index (χ1n) is 10.5. The van der Waals surface area contributed by atoms with E-state index in [0.29, 0.717) is 16.8 Å². The summed E-state index contributed by atoms with van der Waals surface area (Å²) in [6.07, 6.45) is 3.54. The maximum Gasteiger partial charge on any atom is 0.264 e. The van der Waals surface area contributed by atoms with Crippen LogP contribution in [0.15, 0.2) is 53.6 Å². The Kier molecular flexibility index (Phi) is 6.38. The maximum absolute atomic E-state index is 15.0. The maximum atomic E-state index is 15.0. The highest BCUT2D eigenvalue weighted by Crippen LogP contribution is 2.34. The highest BCUT2D eigenvalue weighted by atomic mass is 32.2. The van der Waals surface area contributed by atoms with E-state index in [0.717, 1.165) is 37.4 Å². The van der Waals surface area contributed by atoms with Gasteiger partial charge in [-0.2, -0.15) is 0 Å². The summed E-state index contributed by atoms with van der Waals surface area (Å²) in [5.74, 6) is -0.699. The first-order chi connectivity index (χ1) is 15.4. The number of para-hydroxylation sites is 1. The first-order valence-corrected chi connectivity index (χ1v) is 12.0. The molecule has 0 radical (unpaired) electrons. The van der Waals surface area contributed by atoms with E-state index in [2.05, 4.69) is 10.3 Å². The summed E-state index contributed by atoms with van der Waals surface area (Å²) >= 11 is 0. The van der Waals surface area contributed by atoms with Crippen LogP contribution in [0.1, 0.15) is 26.2 Å². The van der Waals surface area contributed by atoms with Gasteiger partial charge in [0.1, 0.15) is 17.7 Å². The fourth-order valence-corrected chi connectivity index (χ4v) is 4.79. The summed E-state index contributed by atoms with van der Waals surface area (Å²) in [6, 6.07) is 10.8. The molecule has 1 amide bonds. The molecular weight excluding hydrogens is 433 g/mol. The quantitative estimate of drug-likeness (QED) is 0.589. The van der Waals surface area contributed by atoms with Gasteiger partial charge in [0.2, 0.25) is 5.91 Å². The third kappa shape index (κ3) is 4.58. The number of pyridine rings is 1. The van der Waals surface area contributed by atoms with Crippen LogP contribution < -0.4 is 14.8 Å². The van der Waals surface area contributed by atoms with Crippen LogP contribution in [0, 0.1) is 5.82 Å². The van der Waals surface area contributed by atoms with E-state index >= 15 is 4.39 Å². The van der Waals surface area contributed by atoms with Crippen LogP contribution in [-0.2, 0) is 14.8 Å². The standard InChI is InChI=1S/C23H24FN3O4S/c1-2-22(28)27-32(29,30)16-6-7-17(20(24)14-16)18-4-3-5-19-21(10-13-26-23(18)19)31-15-8-11-25-12-9-15/h3-7,10,13-15,25H,2,8-9,11-12H2,1H3,(H,27,28). The van der Waals surface area contributed by atoms with Gasteiger partial charge < -0.3 is 10.1 Å². The van der Waals surface area contributed by atoms with Crippen molar-refractivity contribution in [1.82, 2.24) is 15.0 Å². The fraction of sp³-hybridized carbons (Fsp3) is 0.304. The van der Waals surface area contributed by atoms with Crippen molar-refractivity contribution in [2.45, 2.75) is 37.2 Å². The van der Waals surface area contributed by atoms with Crippen molar-refractivity contribution in [3.05, 3.63) is 54.5 Å². The molecule has 1 aliphatic heterocycles. The Labute approximate surface area is 186 Å². The molecule has 0 atom stereocenters. The number of carbonyl (C=O) groups excluding carboxylic acids is 1. The summed E-state index contributed by atoms with van der Waals surface area (Å²) in [6.45, 7) is 3.33. The molecule has 0 bridgehead atoms. The number of hydrogen-bond acceptors (Lipinski definition) is 6. The van der Waals surface area contributed by atoms with Crippen molar-refractivity contribution in [2.75, 3.05) is 13.1 Å². The molecular formula is C23H24FN3O4S. The van der Waals surface area contributed by atoms with E-state index in [1.807, 2.05) is 10.8 Å². The highest BCUT2D eigenvalue weighted by Gasteiger charge is 2.21. The lowest BCUT2D eigenvalue weighted by Crippen LogP contribution is -2.34. The lowest BCUT2D eigenvalue weighted by Gasteiger charge is -2.24. The molecule has 0 saturated carbocycles. The minimum Gasteiger partial charge on any atom is -0.490 e. The molecule has 9 heteroatoms. The molecule has 0 unspecified atom stereocenters. The lowest BCUT2D eigenvalue weighted by atomic mass is 10.0. The molecule has 1 saturated heterocycles. The molecule has 1 aromatic heterocycles. The zero-order valence-electron chi connectivity index (χ0n) is 17.6. The van der Waals surface area contributed by atoms with Crippen LogP contribution in [0.25, 0.3) is 22.0 Å². The van der Waals surface area contributed by atoms with Gasteiger partial charge in [0.25, 0.3) is 10.0 Å². The zero-order chi connectivity index (χ0) is 22.7. The van der Waals surface area contributed by atoms with Crippen molar-refractivity contribution < 1.29 is 22.3 Å². The Morgan fingerprint density at radius 1 is 1.19 bits per heavy atom. The number of piperidine rings is 1. The molecule has 0 spiro atoms. The third-order valence-corrected chi connectivity index (χ3v) is 6.79. The van der Waals surface area contributed by atoms with Crippen LogP contribution in [0.5, 0.6) is 5.75 Å². The zero-order valence-corrected chi connectivity index (χ0v) is 18.4. The Morgan fingerprint density at radius 3 is 2.69 bits per heavy atom. The summed E-state index contributed by atoms with van der Waals surface area (Å²) in [5.41, 5.74) is 1.30. The van der Waals surface area contributed by atoms with E-state index in [4.69, 9.17) is 4.74 Å². The molecule has 2 heterocycles. The number of halogens is 1. The highest BCUT2D eigenvalue weighted by molar-refractivity contribution is 7.90. The number of carbonyl (C=O) groups is 1. The molecule has 1 fully saturated rings. The number of nitrogens with zero attached hydrogens (tertiary/aromatic N) is 1. The summed E-state index contributed by atoms with van der Waals surface area (Å²) < 4.78 is 47.8. The van der Waals surface area contributed by atoms with Crippen LogP contribution in [0.3, 0.4) is 0 Å². The number of aromatic nitrogens is 1. The summed E-state index contributed by atoms with van der Waals surface area (Å²) in [5, 5.41) is 4.06. The van der Waals surface area contributed by atoms with Gasteiger partial charge in [0, 0.05) is 29.1 Å². The lowest BCUT2D eigenvalue weighted by molar-refractivity contribution is -0.119. The van der Waals surface area contributed by atoms with Crippen LogP contribution in [-0.4, -0.2) is 38.5 Å². The molecule has 4 rings (SSSR count). The largest absolute Gasteiger partial charge is 0.490 e. The number of ether oxygens (including phenoxy) is 1. The Bertz CT molecular complexity index is 1260. The van der Waals surface area contributed by atoms with E-state index in [1.165, 1.54) is 19.1 Å². The third-order valence-electron chi connectivity index (χ3n) is 5.42. The minimum absolute atomic E-state index is 0.00322. The van der Waals surface area contributed by atoms with E-state index in [1.54, 1.807) is 24.4 Å². The Hall–Kier alpha value is -3.04. The molecule has 32 heavy (non-hydrogen) atoms. The van der Waals surface area contributed by atoms with Gasteiger partial charge in [-0.15, -0.1) is 0 Å². The predicted molar refractivity (Wildman–Crippen MR) is 119 cm³/mol. The van der Waals surface area contributed by atoms with E-state index < -0.39 is 21.7 Å². The van der Waals surface area contributed by atoms with Crippen molar-refractivity contribution >= 4 is 26.8 Å². The molecule has 1 aliphatic rings. The molecule has 2 N–H and O–H groups in total. The van der Waals surface area contributed by atoms with Crippen molar-refractivity contribution in [3.63, 3.8) is 0 Å². The van der Waals surface area contributed by atoms with E-state index in [9.17, 15) is 13.2 Å². The van der Waals surface area contributed by atoms with Gasteiger partial charge in [-0.1, -0.05) is 19.1 Å². The first kappa shape index (κ1) is 22.2. The topological polar surface area (TPSA) is 97.4 Å². The number of nitrogens with one attached hydrogen (secondary N) is 2. The van der Waals surface area contributed by atoms with Gasteiger partial charge in [-0.05, 0) is 56.3 Å². The van der Waals surface area contributed by atoms with Crippen LogP contribution in [0.2, 0.25) is 0 Å². The van der Waals surface area contributed by atoms with Gasteiger partial charge in [-0.25, -0.2) is 17.5 Å². The summed E-state index contributed by atoms with van der Waals surface area (Å²) in [4.78, 5) is 15.6. The molecule has 7 nitrogen and oxygen atoms in total. The molecule has 2 aromatic carbocycles. The smallest absolute Gasteiger partial charge is 0.264 e. The number of hydrogen-bond donors (Lipinski definition) is 2. The second-order valence-electron chi connectivity index (χ2n) is 7.60. The van der Waals surface area contributed by atoms with Crippen LogP contribution >= 0.6 is 0 Å². The van der Waals surface area contributed by atoms with Crippen LogP contribution in [0.4, 0.5) is 4.39 Å². The van der Waals surface area contributed by atoms with Gasteiger partial charge in [-0.3, -0.25) is 9.78 Å². The second-order valence-corrected chi connectivity index (χ2v) is 9.28. The summed E-state index contributed by atoms with van der Waals surface area (Å²) in [7, 11) is -4.14. The van der Waals surface area contributed by atoms with Crippen molar-refractivity contribution in [2.24, 2.45) is 0 Å². The average molecular weight is 458 g/mol. The monoisotopic (exact) mass is 457 g/mol. The Morgan fingerprint density at radius 2 is 1.97 bits per heavy atom. The van der Waals surface area contributed by atoms with Gasteiger partial charge in [0.05, 0.1) is 10.4 Å². The molecule has 0 aliphatic carbocycles. The molecule has 168 valence electrons. The predicted octanol–water partition coefficient (Wildman–Crippen LogP) is 3.39. The minimum atomic E-state index is -4.14. The second kappa shape index (κ2) is 9.22. The number of fused-ring (bicyclic) bond motifs is 1. The fourth-order valence-electron chi connectivity index (χ4n) is 3.73. The SMILES string of the molecule is CCC(=O)NS(=O)(=O)c1ccc(-c2cccc3c(OC4CCNCC4)ccnc23)c(F)c1. The van der Waals surface area contributed by atoms with Crippen molar-refractivity contribution in [1.29, 1.82) is 0 Å². The Balaban J connectivity index is 1.71. The number of benzene rings is 2. The normalized spacial score (nSPS) is 14.9. The number of amides is 1. The number of rotatable bonds is 6. The number of sulfonamides is 1. The van der Waals surface area contributed by atoms with E-state index in [-0.39, 0.29) is 23.0 Å². The van der Waals surface area contributed by atoms with Crippen molar-refractivity contribution in [3.8, 4) is 16.9 Å². The average Bonchev–Trinajstić information content (AvgIpc) is 2.79. The van der Waals surface area contributed by atoms with Gasteiger partial charge >= 0.3 is 0 Å². The van der Waals surface area contributed by atoms with Gasteiger partial charge in [0.15, 0.2) is 0 Å².